The lowest BCUT2D eigenvalue weighted by molar-refractivity contribution is -0.384. The molecule has 0 heterocycles. The maximum Gasteiger partial charge on any atom is 0.288 e. The number of rotatable bonds is 4. The Morgan fingerprint density at radius 3 is 2.79 bits per heavy atom. The standard InChI is InChI=1S/C9H9BrClNO2/c10-5-1-2-7-3-4-8(11)9(6-7)12(13)14/h3-4,6H,1-2,5H2. The summed E-state index contributed by atoms with van der Waals surface area (Å²) in [7, 11) is 0. The molecule has 0 saturated carbocycles. The van der Waals surface area contributed by atoms with E-state index in [4.69, 9.17) is 11.6 Å². The van der Waals surface area contributed by atoms with Gasteiger partial charge in [0.1, 0.15) is 5.02 Å². The van der Waals surface area contributed by atoms with Crippen LogP contribution in [0.1, 0.15) is 12.0 Å². The first-order chi connectivity index (χ1) is 6.65. The number of nitrogens with zero attached hydrogens (tertiary/aromatic N) is 1. The molecule has 5 heteroatoms. The molecule has 0 aliphatic rings. The van der Waals surface area contributed by atoms with E-state index in [0.717, 1.165) is 23.7 Å². The van der Waals surface area contributed by atoms with Crippen LogP contribution in [0, 0.1) is 10.1 Å². The third-order valence-electron chi connectivity index (χ3n) is 1.81. The fourth-order valence-corrected chi connectivity index (χ4v) is 1.59. The Labute approximate surface area is 95.4 Å². The van der Waals surface area contributed by atoms with Crippen molar-refractivity contribution in [3.63, 3.8) is 0 Å². The zero-order valence-corrected chi connectivity index (χ0v) is 9.71. The molecule has 0 aliphatic heterocycles. The number of hydrogen-bond acceptors (Lipinski definition) is 2. The van der Waals surface area contributed by atoms with E-state index in [1.807, 2.05) is 6.07 Å². The van der Waals surface area contributed by atoms with Gasteiger partial charge in [0.05, 0.1) is 4.92 Å². The van der Waals surface area contributed by atoms with E-state index in [9.17, 15) is 10.1 Å². The molecule has 1 rings (SSSR count). The Hall–Kier alpha value is -0.610. The highest BCUT2D eigenvalue weighted by Gasteiger charge is 2.11. The molecule has 0 aromatic heterocycles. The summed E-state index contributed by atoms with van der Waals surface area (Å²) in [4.78, 5) is 10.1. The predicted molar refractivity (Wildman–Crippen MR) is 60.2 cm³/mol. The average molecular weight is 279 g/mol. The molecule has 0 fully saturated rings. The lowest BCUT2D eigenvalue weighted by atomic mass is 10.1. The van der Waals surface area contributed by atoms with Crippen LogP contribution in [0.3, 0.4) is 0 Å². The molecule has 0 atom stereocenters. The first kappa shape index (κ1) is 11.5. The van der Waals surface area contributed by atoms with Gasteiger partial charge in [-0.05, 0) is 24.5 Å². The number of nitro groups is 1. The highest BCUT2D eigenvalue weighted by atomic mass is 79.9. The quantitative estimate of drug-likeness (QED) is 0.480. The molecule has 0 radical (unpaired) electrons. The van der Waals surface area contributed by atoms with Crippen molar-refractivity contribution in [2.45, 2.75) is 12.8 Å². The van der Waals surface area contributed by atoms with E-state index in [2.05, 4.69) is 15.9 Å². The lowest BCUT2D eigenvalue weighted by Gasteiger charge is -2.00. The van der Waals surface area contributed by atoms with E-state index >= 15 is 0 Å². The number of hydrogen-bond donors (Lipinski definition) is 0. The minimum Gasteiger partial charge on any atom is -0.258 e. The normalized spacial score (nSPS) is 10.1. The van der Waals surface area contributed by atoms with Gasteiger partial charge in [0.25, 0.3) is 5.69 Å². The zero-order valence-electron chi connectivity index (χ0n) is 7.37. The van der Waals surface area contributed by atoms with Gasteiger partial charge in [0.2, 0.25) is 0 Å². The summed E-state index contributed by atoms with van der Waals surface area (Å²) in [6.45, 7) is 0. The van der Waals surface area contributed by atoms with Crippen molar-refractivity contribution in [2.75, 3.05) is 5.33 Å². The van der Waals surface area contributed by atoms with E-state index < -0.39 is 4.92 Å². The molecule has 0 spiro atoms. The molecule has 1 aromatic carbocycles. The smallest absolute Gasteiger partial charge is 0.258 e. The van der Waals surface area contributed by atoms with E-state index in [-0.39, 0.29) is 10.7 Å². The maximum atomic E-state index is 10.6. The summed E-state index contributed by atoms with van der Waals surface area (Å²) in [6.07, 6.45) is 1.78. The van der Waals surface area contributed by atoms with Crippen LogP contribution in [0.5, 0.6) is 0 Å². The monoisotopic (exact) mass is 277 g/mol. The van der Waals surface area contributed by atoms with Crippen molar-refractivity contribution < 1.29 is 4.92 Å². The SMILES string of the molecule is O=[N+]([O-])c1cc(CCCBr)ccc1Cl. The van der Waals surface area contributed by atoms with Gasteiger partial charge in [-0.3, -0.25) is 10.1 Å². The number of nitro benzene ring substituents is 1. The van der Waals surface area contributed by atoms with Crippen molar-refractivity contribution in [1.82, 2.24) is 0 Å². The summed E-state index contributed by atoms with van der Waals surface area (Å²) in [5.41, 5.74) is 0.930. The van der Waals surface area contributed by atoms with Crippen LogP contribution in [0.2, 0.25) is 5.02 Å². The van der Waals surface area contributed by atoms with Gasteiger partial charge in [-0.15, -0.1) is 0 Å². The van der Waals surface area contributed by atoms with Gasteiger partial charge in [-0.2, -0.15) is 0 Å². The van der Waals surface area contributed by atoms with E-state index in [1.165, 1.54) is 6.07 Å². The van der Waals surface area contributed by atoms with Gasteiger partial charge in [0.15, 0.2) is 0 Å². The van der Waals surface area contributed by atoms with Crippen LogP contribution in [-0.4, -0.2) is 10.3 Å². The Balaban J connectivity index is 2.89. The number of benzene rings is 1. The molecule has 0 bridgehead atoms. The van der Waals surface area contributed by atoms with Crippen molar-refractivity contribution in [3.8, 4) is 0 Å². The third-order valence-corrected chi connectivity index (χ3v) is 2.69. The molecular formula is C9H9BrClNO2. The molecule has 0 unspecified atom stereocenters. The van der Waals surface area contributed by atoms with Gasteiger partial charge < -0.3 is 0 Å². The average Bonchev–Trinajstić information content (AvgIpc) is 2.16. The molecular weight excluding hydrogens is 269 g/mol. The predicted octanol–water partition coefficient (Wildman–Crippen LogP) is 3.58. The Morgan fingerprint density at radius 1 is 1.50 bits per heavy atom. The summed E-state index contributed by atoms with van der Waals surface area (Å²) in [5, 5.41) is 11.6. The summed E-state index contributed by atoms with van der Waals surface area (Å²) >= 11 is 8.98. The van der Waals surface area contributed by atoms with Crippen LogP contribution >= 0.6 is 27.5 Å². The first-order valence-electron chi connectivity index (χ1n) is 4.14. The maximum absolute atomic E-state index is 10.6. The van der Waals surface area contributed by atoms with E-state index in [1.54, 1.807) is 6.07 Å². The Kier molecular flexibility index (Phi) is 4.35. The summed E-state index contributed by atoms with van der Waals surface area (Å²) in [6, 6.07) is 4.92. The first-order valence-corrected chi connectivity index (χ1v) is 5.64. The number of aryl methyl sites for hydroxylation is 1. The second kappa shape index (κ2) is 5.32. The highest BCUT2D eigenvalue weighted by molar-refractivity contribution is 9.09. The van der Waals surface area contributed by atoms with Gasteiger partial charge in [-0.1, -0.05) is 33.6 Å². The summed E-state index contributed by atoms with van der Waals surface area (Å²) < 4.78 is 0. The molecule has 0 amide bonds. The number of halogens is 2. The van der Waals surface area contributed by atoms with E-state index in [0.29, 0.717) is 0 Å². The van der Waals surface area contributed by atoms with Crippen molar-refractivity contribution in [1.29, 1.82) is 0 Å². The largest absolute Gasteiger partial charge is 0.288 e. The molecule has 1 aromatic rings. The van der Waals surface area contributed by atoms with Gasteiger partial charge in [-0.25, -0.2) is 0 Å². The second-order valence-corrected chi connectivity index (χ2v) is 4.04. The Morgan fingerprint density at radius 2 is 2.21 bits per heavy atom. The van der Waals surface area contributed by atoms with Crippen LogP contribution in [0.25, 0.3) is 0 Å². The molecule has 76 valence electrons. The highest BCUT2D eigenvalue weighted by Crippen LogP contribution is 2.25. The molecule has 0 N–H and O–H groups in total. The van der Waals surface area contributed by atoms with Crippen molar-refractivity contribution in [3.05, 3.63) is 38.9 Å². The van der Waals surface area contributed by atoms with Gasteiger partial charge >= 0.3 is 0 Å². The lowest BCUT2D eigenvalue weighted by Crippen LogP contribution is -1.92. The Bertz CT molecular complexity index is 344. The number of alkyl halides is 1. The summed E-state index contributed by atoms with van der Waals surface area (Å²) in [5.74, 6) is 0. The van der Waals surface area contributed by atoms with Crippen LogP contribution in [0.15, 0.2) is 18.2 Å². The topological polar surface area (TPSA) is 43.1 Å². The van der Waals surface area contributed by atoms with Crippen LogP contribution in [0.4, 0.5) is 5.69 Å². The fraction of sp³-hybridized carbons (Fsp3) is 0.333. The van der Waals surface area contributed by atoms with Crippen molar-refractivity contribution >= 4 is 33.2 Å². The second-order valence-electron chi connectivity index (χ2n) is 2.84. The fourth-order valence-electron chi connectivity index (χ4n) is 1.12. The minimum atomic E-state index is -0.458. The molecule has 0 saturated heterocycles. The minimum absolute atomic E-state index is 0.0151. The van der Waals surface area contributed by atoms with Crippen LogP contribution in [-0.2, 0) is 6.42 Å². The molecule has 0 aliphatic carbocycles. The molecule has 3 nitrogen and oxygen atoms in total. The third kappa shape index (κ3) is 2.96. The van der Waals surface area contributed by atoms with Crippen molar-refractivity contribution in [2.24, 2.45) is 0 Å². The molecule has 14 heavy (non-hydrogen) atoms. The van der Waals surface area contributed by atoms with Crippen LogP contribution < -0.4 is 0 Å². The van der Waals surface area contributed by atoms with Gasteiger partial charge in [0, 0.05) is 11.4 Å². The zero-order chi connectivity index (χ0) is 10.6.